The second-order valence-electron chi connectivity index (χ2n) is 2.60. The van der Waals surface area contributed by atoms with Crippen LogP contribution >= 0.6 is 0 Å². The summed E-state index contributed by atoms with van der Waals surface area (Å²) < 4.78 is 4.99. The minimum absolute atomic E-state index is 0.272. The van der Waals surface area contributed by atoms with Crippen molar-refractivity contribution >= 4 is 5.91 Å². The second kappa shape index (κ2) is 5.24. The van der Waals surface area contributed by atoms with Crippen molar-refractivity contribution < 1.29 is 14.4 Å². The van der Waals surface area contributed by atoms with Gasteiger partial charge in [-0.3, -0.25) is 9.63 Å². The van der Waals surface area contributed by atoms with Gasteiger partial charge in [0.15, 0.2) is 0 Å². The Morgan fingerprint density at radius 3 is 2.93 bits per heavy atom. The van der Waals surface area contributed by atoms with Crippen molar-refractivity contribution in [3.8, 4) is 5.75 Å². The van der Waals surface area contributed by atoms with Gasteiger partial charge in [0.25, 0.3) is 5.91 Å². The number of carbonyl (C=O) groups is 1. The fraction of sp³-hybridized carbons (Fsp3) is 0.300. The summed E-state index contributed by atoms with van der Waals surface area (Å²) in [6, 6.07) is 6.86. The van der Waals surface area contributed by atoms with Crippen LogP contribution < -0.4 is 10.2 Å². The molecule has 0 aliphatic rings. The maximum Gasteiger partial charge on any atom is 0.274 e. The predicted molar refractivity (Wildman–Crippen MR) is 52.1 cm³/mol. The van der Waals surface area contributed by atoms with Gasteiger partial charge < -0.3 is 4.74 Å². The molecule has 0 fully saturated rings. The maximum atomic E-state index is 11.4. The van der Waals surface area contributed by atoms with E-state index in [1.807, 2.05) is 0 Å². The molecule has 0 saturated carbocycles. The van der Waals surface area contributed by atoms with Crippen molar-refractivity contribution in [1.29, 1.82) is 0 Å². The minimum Gasteiger partial charge on any atom is -0.497 e. The summed E-state index contributed by atoms with van der Waals surface area (Å²) in [5.41, 5.74) is 2.82. The van der Waals surface area contributed by atoms with Crippen LogP contribution in [0.4, 0.5) is 0 Å². The number of nitrogens with one attached hydrogen (secondary N) is 1. The van der Waals surface area contributed by atoms with Crippen molar-refractivity contribution in [1.82, 2.24) is 5.48 Å². The van der Waals surface area contributed by atoms with E-state index in [1.54, 1.807) is 38.3 Å². The van der Waals surface area contributed by atoms with Gasteiger partial charge in [-0.1, -0.05) is 6.07 Å². The molecule has 1 rings (SSSR count). The van der Waals surface area contributed by atoms with Gasteiger partial charge in [-0.15, -0.1) is 0 Å². The Labute approximate surface area is 82.8 Å². The van der Waals surface area contributed by atoms with Gasteiger partial charge in [-0.25, -0.2) is 5.48 Å². The first kappa shape index (κ1) is 10.5. The van der Waals surface area contributed by atoms with Gasteiger partial charge in [0.05, 0.1) is 13.7 Å². The van der Waals surface area contributed by atoms with Crippen LogP contribution in [0.2, 0.25) is 0 Å². The Bertz CT molecular complexity index is 312. The lowest BCUT2D eigenvalue weighted by Crippen LogP contribution is -2.23. The van der Waals surface area contributed by atoms with Crippen LogP contribution in [-0.2, 0) is 4.84 Å². The average molecular weight is 195 g/mol. The summed E-state index contributed by atoms with van der Waals surface area (Å²) in [7, 11) is 1.56. The number of hydrogen-bond donors (Lipinski definition) is 1. The third-order valence-corrected chi connectivity index (χ3v) is 1.64. The third-order valence-electron chi connectivity index (χ3n) is 1.64. The van der Waals surface area contributed by atoms with Crippen LogP contribution in [0.15, 0.2) is 24.3 Å². The van der Waals surface area contributed by atoms with E-state index in [-0.39, 0.29) is 5.91 Å². The molecule has 1 amide bonds. The van der Waals surface area contributed by atoms with Crippen LogP contribution in [0.5, 0.6) is 5.75 Å². The van der Waals surface area contributed by atoms with E-state index >= 15 is 0 Å². The zero-order valence-corrected chi connectivity index (χ0v) is 8.24. The summed E-state index contributed by atoms with van der Waals surface area (Å²) in [6.45, 7) is 2.24. The monoisotopic (exact) mass is 195 g/mol. The van der Waals surface area contributed by atoms with Crippen LogP contribution in [0.1, 0.15) is 17.3 Å². The van der Waals surface area contributed by atoms with E-state index in [0.29, 0.717) is 17.9 Å². The second-order valence-corrected chi connectivity index (χ2v) is 2.60. The number of methoxy groups -OCH3 is 1. The quantitative estimate of drug-likeness (QED) is 0.738. The number of ether oxygens (including phenoxy) is 1. The van der Waals surface area contributed by atoms with E-state index in [1.165, 1.54) is 0 Å². The fourth-order valence-corrected chi connectivity index (χ4v) is 0.961. The van der Waals surface area contributed by atoms with E-state index in [4.69, 9.17) is 9.57 Å². The lowest BCUT2D eigenvalue weighted by molar-refractivity contribution is 0.0364. The minimum atomic E-state index is -0.272. The molecule has 0 bridgehead atoms. The first-order valence-corrected chi connectivity index (χ1v) is 4.34. The Balaban J connectivity index is 2.69. The van der Waals surface area contributed by atoms with E-state index in [2.05, 4.69) is 5.48 Å². The molecule has 4 heteroatoms. The summed E-state index contributed by atoms with van der Waals surface area (Å²) in [5.74, 6) is 0.375. The van der Waals surface area contributed by atoms with Crippen molar-refractivity contribution in [3.63, 3.8) is 0 Å². The van der Waals surface area contributed by atoms with Crippen molar-refractivity contribution in [2.75, 3.05) is 13.7 Å². The molecule has 1 aromatic carbocycles. The van der Waals surface area contributed by atoms with Gasteiger partial charge in [-0.2, -0.15) is 0 Å². The Kier molecular flexibility index (Phi) is 3.94. The number of carbonyl (C=O) groups excluding carboxylic acids is 1. The molecule has 0 aromatic heterocycles. The first-order chi connectivity index (χ1) is 6.77. The molecule has 4 nitrogen and oxygen atoms in total. The van der Waals surface area contributed by atoms with Crippen molar-refractivity contribution in [2.24, 2.45) is 0 Å². The number of rotatable bonds is 4. The largest absolute Gasteiger partial charge is 0.497 e. The van der Waals surface area contributed by atoms with Crippen molar-refractivity contribution in [2.45, 2.75) is 6.92 Å². The molecule has 14 heavy (non-hydrogen) atoms. The number of hydrogen-bond acceptors (Lipinski definition) is 3. The van der Waals surface area contributed by atoms with E-state index in [9.17, 15) is 4.79 Å². The zero-order valence-electron chi connectivity index (χ0n) is 8.24. The molecule has 1 N–H and O–H groups in total. The molecule has 0 aliphatic heterocycles. The van der Waals surface area contributed by atoms with E-state index < -0.39 is 0 Å². The topological polar surface area (TPSA) is 47.6 Å². The molecular weight excluding hydrogens is 182 g/mol. The predicted octanol–water partition coefficient (Wildman–Crippen LogP) is 1.38. The van der Waals surface area contributed by atoms with Gasteiger partial charge in [0.1, 0.15) is 5.75 Å². The van der Waals surface area contributed by atoms with Crippen LogP contribution in [0.25, 0.3) is 0 Å². The molecule has 0 unspecified atom stereocenters. The van der Waals surface area contributed by atoms with E-state index in [0.717, 1.165) is 0 Å². The summed E-state index contributed by atoms with van der Waals surface area (Å²) in [5, 5.41) is 0. The third kappa shape index (κ3) is 2.74. The van der Waals surface area contributed by atoms with Crippen molar-refractivity contribution in [3.05, 3.63) is 29.8 Å². The highest BCUT2D eigenvalue weighted by molar-refractivity contribution is 5.93. The highest BCUT2D eigenvalue weighted by Crippen LogP contribution is 2.12. The molecule has 76 valence electrons. The van der Waals surface area contributed by atoms with Gasteiger partial charge in [0.2, 0.25) is 0 Å². The Morgan fingerprint density at radius 1 is 1.50 bits per heavy atom. The van der Waals surface area contributed by atoms with Gasteiger partial charge >= 0.3 is 0 Å². The SMILES string of the molecule is CCONC(=O)c1cccc(OC)c1. The maximum absolute atomic E-state index is 11.4. The number of hydroxylamine groups is 1. The Morgan fingerprint density at radius 2 is 2.29 bits per heavy atom. The average Bonchev–Trinajstić information content (AvgIpc) is 2.26. The molecular formula is C10H13NO3. The highest BCUT2D eigenvalue weighted by Gasteiger charge is 2.05. The standard InChI is InChI=1S/C10H13NO3/c1-3-14-11-10(12)8-5-4-6-9(7-8)13-2/h4-7H,3H2,1-2H3,(H,11,12). The normalized spacial score (nSPS) is 9.57. The zero-order chi connectivity index (χ0) is 10.4. The number of amides is 1. The lowest BCUT2D eigenvalue weighted by Gasteiger charge is -2.05. The Hall–Kier alpha value is -1.55. The summed E-state index contributed by atoms with van der Waals surface area (Å²) in [6.07, 6.45) is 0. The van der Waals surface area contributed by atoms with Crippen LogP contribution in [0, 0.1) is 0 Å². The molecule has 1 aromatic rings. The fourth-order valence-electron chi connectivity index (χ4n) is 0.961. The summed E-state index contributed by atoms with van der Waals surface area (Å²) in [4.78, 5) is 16.2. The molecule has 0 aliphatic carbocycles. The number of benzene rings is 1. The lowest BCUT2D eigenvalue weighted by atomic mass is 10.2. The van der Waals surface area contributed by atoms with Crippen LogP contribution in [0.3, 0.4) is 0 Å². The van der Waals surface area contributed by atoms with Crippen LogP contribution in [-0.4, -0.2) is 19.6 Å². The molecule has 0 saturated heterocycles. The smallest absolute Gasteiger partial charge is 0.274 e. The molecule has 0 spiro atoms. The van der Waals surface area contributed by atoms with Gasteiger partial charge in [0, 0.05) is 5.56 Å². The first-order valence-electron chi connectivity index (χ1n) is 4.34. The molecule has 0 heterocycles. The van der Waals surface area contributed by atoms with Gasteiger partial charge in [-0.05, 0) is 25.1 Å². The highest BCUT2D eigenvalue weighted by atomic mass is 16.6. The molecule has 0 atom stereocenters. The molecule has 0 radical (unpaired) electrons. The summed E-state index contributed by atoms with van der Waals surface area (Å²) >= 11 is 0.